The number of benzene rings is 1. The summed E-state index contributed by atoms with van der Waals surface area (Å²) in [6.07, 6.45) is 4.81. The Morgan fingerprint density at radius 3 is 2.49 bits per heavy atom. The largest absolute Gasteiger partial charge is 0.489 e. The fourth-order valence-electron chi connectivity index (χ4n) is 6.64. The first kappa shape index (κ1) is 24.7. The predicted octanol–water partition coefficient (Wildman–Crippen LogP) is 2.55. The number of likely N-dealkylation sites (tertiary alicyclic amines) is 2. The first-order valence-electron chi connectivity index (χ1n) is 13.6. The van der Waals surface area contributed by atoms with Gasteiger partial charge in [0.15, 0.2) is 0 Å². The van der Waals surface area contributed by atoms with Gasteiger partial charge in [-0.2, -0.15) is 0 Å². The minimum absolute atomic E-state index is 0.0412. The average Bonchev–Trinajstić information content (AvgIpc) is 3.15. The maximum absolute atomic E-state index is 13.5. The Kier molecular flexibility index (Phi) is 6.43. The first-order valence-corrected chi connectivity index (χ1v) is 13.6. The van der Waals surface area contributed by atoms with Gasteiger partial charge in [0.2, 0.25) is 11.8 Å². The lowest BCUT2D eigenvalue weighted by Crippen LogP contribution is -2.66. The van der Waals surface area contributed by atoms with Crippen LogP contribution in [-0.2, 0) is 16.1 Å². The summed E-state index contributed by atoms with van der Waals surface area (Å²) in [5.74, 6) is -2.68. The van der Waals surface area contributed by atoms with Crippen LogP contribution in [0, 0.1) is 0 Å². The number of rotatable bonds is 5. The number of amides is 3. The average molecular weight is 517 g/mol. The second kappa shape index (κ2) is 9.62. The molecule has 6 rings (SSSR count). The monoisotopic (exact) mass is 516 g/mol. The maximum atomic E-state index is 13.5. The molecule has 4 heterocycles. The van der Waals surface area contributed by atoms with Gasteiger partial charge in [-0.3, -0.25) is 29.5 Å². The molecule has 8 nitrogen and oxygen atoms in total. The van der Waals surface area contributed by atoms with Gasteiger partial charge in [0.05, 0.1) is 0 Å². The van der Waals surface area contributed by atoms with Crippen molar-refractivity contribution in [3.05, 3.63) is 29.3 Å². The highest BCUT2D eigenvalue weighted by Crippen LogP contribution is 2.35. The number of hydrogen-bond acceptors (Lipinski definition) is 6. The summed E-state index contributed by atoms with van der Waals surface area (Å²) in [6, 6.07) is 5.55. The molecule has 37 heavy (non-hydrogen) atoms. The van der Waals surface area contributed by atoms with Crippen molar-refractivity contribution in [1.29, 1.82) is 0 Å². The fourth-order valence-corrected chi connectivity index (χ4v) is 6.64. The van der Waals surface area contributed by atoms with Crippen LogP contribution >= 0.6 is 0 Å². The van der Waals surface area contributed by atoms with Gasteiger partial charge in [0, 0.05) is 69.6 Å². The second-order valence-corrected chi connectivity index (χ2v) is 11.2. The number of halogens is 2. The molecule has 4 fully saturated rings. The van der Waals surface area contributed by atoms with E-state index in [0.29, 0.717) is 43.7 Å². The smallest absolute Gasteiger partial charge is 0.255 e. The number of piperidine rings is 2. The van der Waals surface area contributed by atoms with Gasteiger partial charge in [0.25, 0.3) is 11.8 Å². The molecule has 1 aromatic rings. The van der Waals surface area contributed by atoms with E-state index in [9.17, 15) is 23.2 Å². The number of nitrogens with zero attached hydrogens (tertiary/aromatic N) is 3. The van der Waals surface area contributed by atoms with Crippen LogP contribution in [0.5, 0.6) is 5.75 Å². The number of carbonyl (C=O) groups excluding carboxylic acids is 3. The van der Waals surface area contributed by atoms with Crippen LogP contribution in [0.2, 0.25) is 0 Å². The zero-order chi connectivity index (χ0) is 25.7. The van der Waals surface area contributed by atoms with E-state index in [0.717, 1.165) is 50.1 Å². The molecular formula is C27H34F2N4O4. The molecular weight excluding hydrogens is 482 g/mol. The summed E-state index contributed by atoms with van der Waals surface area (Å²) in [5, 5.41) is 2.34. The highest BCUT2D eigenvalue weighted by atomic mass is 19.3. The molecule has 1 saturated carbocycles. The maximum Gasteiger partial charge on any atom is 0.255 e. The summed E-state index contributed by atoms with van der Waals surface area (Å²) < 4.78 is 33.6. The first-order chi connectivity index (χ1) is 17.8. The Morgan fingerprint density at radius 1 is 0.973 bits per heavy atom. The zero-order valence-electron chi connectivity index (χ0n) is 21.0. The van der Waals surface area contributed by atoms with Gasteiger partial charge >= 0.3 is 0 Å². The van der Waals surface area contributed by atoms with E-state index in [2.05, 4.69) is 15.1 Å². The summed E-state index contributed by atoms with van der Waals surface area (Å²) in [7, 11) is 0. The summed E-state index contributed by atoms with van der Waals surface area (Å²) in [4.78, 5) is 43.0. The van der Waals surface area contributed by atoms with Crippen molar-refractivity contribution in [2.75, 3.05) is 26.2 Å². The summed E-state index contributed by atoms with van der Waals surface area (Å²) in [6.45, 7) is 3.07. The van der Waals surface area contributed by atoms with Gasteiger partial charge in [0.1, 0.15) is 17.9 Å². The molecule has 1 aliphatic carbocycles. The molecule has 4 aliphatic heterocycles. The molecule has 3 saturated heterocycles. The number of hydrogen-bond donors (Lipinski definition) is 1. The minimum Gasteiger partial charge on any atom is -0.489 e. The van der Waals surface area contributed by atoms with Crippen molar-refractivity contribution in [1.82, 2.24) is 20.0 Å². The number of nitrogens with one attached hydrogen (secondary N) is 1. The van der Waals surface area contributed by atoms with Gasteiger partial charge in [-0.05, 0) is 49.4 Å². The Bertz CT molecular complexity index is 1080. The van der Waals surface area contributed by atoms with Crippen LogP contribution < -0.4 is 10.1 Å². The molecule has 5 aliphatic rings. The Morgan fingerprint density at radius 2 is 1.73 bits per heavy atom. The van der Waals surface area contributed by atoms with Crippen molar-refractivity contribution in [3.8, 4) is 5.75 Å². The van der Waals surface area contributed by atoms with Gasteiger partial charge in [-0.1, -0.05) is 6.42 Å². The molecule has 0 bridgehead atoms. The summed E-state index contributed by atoms with van der Waals surface area (Å²) >= 11 is 0. The Balaban J connectivity index is 1.08. The molecule has 0 spiro atoms. The van der Waals surface area contributed by atoms with E-state index in [4.69, 9.17) is 4.74 Å². The zero-order valence-corrected chi connectivity index (χ0v) is 21.0. The summed E-state index contributed by atoms with van der Waals surface area (Å²) in [5.41, 5.74) is 1.42. The SMILES string of the molecule is O=C1CCC(N2Cc3cc(O[C@H]4CCCC[C@H]4N4CC(N5CCC(F)(F)CC5)C4)ccc3C2=O)C(=O)N1. The van der Waals surface area contributed by atoms with Crippen LogP contribution in [-0.4, -0.2) is 88.8 Å². The van der Waals surface area contributed by atoms with Crippen molar-refractivity contribution in [3.63, 3.8) is 0 Å². The van der Waals surface area contributed by atoms with Crippen LogP contribution in [0.25, 0.3) is 0 Å². The number of fused-ring (bicyclic) bond motifs is 1. The lowest BCUT2D eigenvalue weighted by Gasteiger charge is -2.52. The molecule has 0 aromatic heterocycles. The van der Waals surface area contributed by atoms with E-state index in [1.54, 1.807) is 11.0 Å². The number of imide groups is 1. The van der Waals surface area contributed by atoms with E-state index < -0.39 is 17.9 Å². The minimum atomic E-state index is -2.51. The molecule has 1 unspecified atom stereocenters. The molecule has 3 atom stereocenters. The van der Waals surface area contributed by atoms with Crippen molar-refractivity contribution in [2.24, 2.45) is 0 Å². The molecule has 10 heteroatoms. The molecule has 0 radical (unpaired) electrons. The molecule has 200 valence electrons. The van der Waals surface area contributed by atoms with Crippen molar-refractivity contribution in [2.45, 2.75) is 88.1 Å². The van der Waals surface area contributed by atoms with E-state index in [1.807, 2.05) is 12.1 Å². The van der Waals surface area contributed by atoms with E-state index >= 15 is 0 Å². The standard InChI is InChI=1S/C27H34F2N4O4/c28-27(29)9-11-31(12-10-27)18-15-32(16-18)21-3-1-2-4-23(21)37-19-5-6-20-17(13-19)14-33(26(20)36)22-7-8-24(34)30-25(22)35/h5-6,13,18,21-23H,1-4,7-12,14-16H2,(H,30,34,35)/t21-,22?,23+/m1/s1. The third-order valence-corrected chi connectivity index (χ3v) is 8.86. The van der Waals surface area contributed by atoms with E-state index in [1.165, 1.54) is 0 Å². The third-order valence-electron chi connectivity index (χ3n) is 8.86. The number of ether oxygens (including phenoxy) is 1. The van der Waals surface area contributed by atoms with Crippen LogP contribution in [0.1, 0.15) is 67.3 Å². The third kappa shape index (κ3) is 4.85. The lowest BCUT2D eigenvalue weighted by molar-refractivity contribution is -0.136. The van der Waals surface area contributed by atoms with Gasteiger partial charge in [-0.25, -0.2) is 8.78 Å². The Hall–Kier alpha value is -2.59. The topological polar surface area (TPSA) is 82.2 Å². The van der Waals surface area contributed by atoms with Crippen LogP contribution in [0.4, 0.5) is 8.78 Å². The van der Waals surface area contributed by atoms with E-state index in [-0.39, 0.29) is 37.2 Å². The lowest BCUT2D eigenvalue weighted by atomic mass is 9.88. The molecule has 3 amide bonds. The highest BCUT2D eigenvalue weighted by molar-refractivity contribution is 6.05. The number of alkyl halides is 2. The van der Waals surface area contributed by atoms with Gasteiger partial charge in [-0.15, -0.1) is 0 Å². The Labute approximate surface area is 215 Å². The van der Waals surface area contributed by atoms with Crippen molar-refractivity contribution < 1.29 is 27.9 Å². The van der Waals surface area contributed by atoms with Crippen LogP contribution in [0.15, 0.2) is 18.2 Å². The normalized spacial score (nSPS) is 31.1. The van der Waals surface area contributed by atoms with Crippen molar-refractivity contribution >= 4 is 17.7 Å². The van der Waals surface area contributed by atoms with Crippen LogP contribution in [0.3, 0.4) is 0 Å². The quantitative estimate of drug-likeness (QED) is 0.606. The second-order valence-electron chi connectivity index (χ2n) is 11.2. The number of carbonyl (C=O) groups is 3. The highest BCUT2D eigenvalue weighted by Gasteiger charge is 2.44. The molecule has 1 N–H and O–H groups in total. The predicted molar refractivity (Wildman–Crippen MR) is 130 cm³/mol. The molecule has 1 aromatic carbocycles. The fraction of sp³-hybridized carbons (Fsp3) is 0.667. The van der Waals surface area contributed by atoms with Gasteiger partial charge < -0.3 is 9.64 Å².